The molecule has 0 aromatic carbocycles. The van der Waals surface area contributed by atoms with Crippen molar-refractivity contribution in [2.45, 2.75) is 13.3 Å². The molecule has 0 unspecified atom stereocenters. The van der Waals surface area contributed by atoms with Crippen molar-refractivity contribution >= 4 is 33.5 Å². The summed E-state index contributed by atoms with van der Waals surface area (Å²) in [5.41, 5.74) is 0.632. The van der Waals surface area contributed by atoms with Gasteiger partial charge in [0.15, 0.2) is 0 Å². The minimum absolute atomic E-state index is 0.158. The van der Waals surface area contributed by atoms with Gasteiger partial charge < -0.3 is 4.74 Å². The molecule has 0 bridgehead atoms. The van der Waals surface area contributed by atoms with Crippen molar-refractivity contribution in [3.05, 3.63) is 27.5 Å². The third-order valence-electron chi connectivity index (χ3n) is 1.50. The van der Waals surface area contributed by atoms with E-state index >= 15 is 0 Å². The number of rotatable bonds is 3. The largest absolute Gasteiger partial charge is 0.466 e. The van der Waals surface area contributed by atoms with Gasteiger partial charge in [0.05, 0.1) is 23.7 Å². The van der Waals surface area contributed by atoms with Crippen molar-refractivity contribution < 1.29 is 9.53 Å². The Labute approximate surface area is 95.6 Å². The van der Waals surface area contributed by atoms with Crippen molar-refractivity contribution in [1.29, 1.82) is 0 Å². The molecule has 14 heavy (non-hydrogen) atoms. The number of pyridine rings is 1. The number of hydrogen-bond donors (Lipinski definition) is 0. The van der Waals surface area contributed by atoms with E-state index in [1.807, 2.05) is 0 Å². The first kappa shape index (κ1) is 11.5. The van der Waals surface area contributed by atoms with Gasteiger partial charge in [0.25, 0.3) is 0 Å². The molecule has 3 nitrogen and oxygen atoms in total. The van der Waals surface area contributed by atoms with Gasteiger partial charge in [-0.05, 0) is 28.9 Å². The molecule has 0 amide bonds. The first-order chi connectivity index (χ1) is 6.63. The maximum Gasteiger partial charge on any atom is 0.311 e. The van der Waals surface area contributed by atoms with Crippen molar-refractivity contribution in [2.75, 3.05) is 6.61 Å². The van der Waals surface area contributed by atoms with Crippen LogP contribution >= 0.6 is 27.5 Å². The Morgan fingerprint density at radius 2 is 2.43 bits per heavy atom. The van der Waals surface area contributed by atoms with Crippen molar-refractivity contribution in [3.8, 4) is 0 Å². The zero-order chi connectivity index (χ0) is 10.6. The molecule has 0 saturated carbocycles. The molecule has 1 aromatic heterocycles. The first-order valence-corrected chi connectivity index (χ1v) is 5.26. The molecule has 0 aliphatic rings. The average Bonchev–Trinajstić information content (AvgIpc) is 2.10. The quantitative estimate of drug-likeness (QED) is 0.798. The maximum absolute atomic E-state index is 11.1. The van der Waals surface area contributed by atoms with E-state index < -0.39 is 0 Å². The topological polar surface area (TPSA) is 39.2 Å². The highest BCUT2D eigenvalue weighted by molar-refractivity contribution is 9.10. The number of halogens is 2. The monoisotopic (exact) mass is 277 g/mol. The van der Waals surface area contributed by atoms with Crippen LogP contribution in [0.3, 0.4) is 0 Å². The molecule has 0 atom stereocenters. The van der Waals surface area contributed by atoms with E-state index in [1.54, 1.807) is 13.0 Å². The molecule has 0 N–H and O–H groups in total. The van der Waals surface area contributed by atoms with Gasteiger partial charge in [-0.1, -0.05) is 11.6 Å². The maximum atomic E-state index is 11.1. The summed E-state index contributed by atoms with van der Waals surface area (Å²) in [5, 5.41) is 0.532. The van der Waals surface area contributed by atoms with Gasteiger partial charge in [-0.15, -0.1) is 0 Å². The van der Waals surface area contributed by atoms with E-state index in [9.17, 15) is 4.79 Å². The SMILES string of the molecule is CCOC(=O)Cc1ncc(Cl)cc1Br. The van der Waals surface area contributed by atoms with E-state index in [4.69, 9.17) is 16.3 Å². The normalized spacial score (nSPS) is 9.93. The Morgan fingerprint density at radius 1 is 1.71 bits per heavy atom. The molecule has 1 heterocycles. The fraction of sp³-hybridized carbons (Fsp3) is 0.333. The average molecular weight is 279 g/mol. The van der Waals surface area contributed by atoms with Crippen molar-refractivity contribution in [2.24, 2.45) is 0 Å². The Kier molecular flexibility index (Phi) is 4.35. The number of aromatic nitrogens is 1. The highest BCUT2D eigenvalue weighted by atomic mass is 79.9. The van der Waals surface area contributed by atoms with Crippen LogP contribution in [0.2, 0.25) is 5.02 Å². The fourth-order valence-electron chi connectivity index (χ4n) is 0.922. The second kappa shape index (κ2) is 5.32. The lowest BCUT2D eigenvalue weighted by Crippen LogP contribution is -2.09. The summed E-state index contributed by atoms with van der Waals surface area (Å²) < 4.78 is 5.52. The van der Waals surface area contributed by atoms with Crippen LogP contribution in [-0.2, 0) is 16.0 Å². The third-order valence-corrected chi connectivity index (χ3v) is 2.39. The summed E-state index contributed by atoms with van der Waals surface area (Å²) in [6.07, 6.45) is 1.66. The van der Waals surface area contributed by atoms with E-state index in [1.165, 1.54) is 6.20 Å². The molecule has 0 spiro atoms. The Balaban J connectivity index is 2.72. The lowest BCUT2D eigenvalue weighted by Gasteiger charge is -2.03. The van der Waals surface area contributed by atoms with Crippen LogP contribution in [-0.4, -0.2) is 17.6 Å². The van der Waals surface area contributed by atoms with Gasteiger partial charge >= 0.3 is 5.97 Å². The van der Waals surface area contributed by atoms with Gasteiger partial charge in [-0.3, -0.25) is 9.78 Å². The third kappa shape index (κ3) is 3.27. The Bertz CT molecular complexity index is 344. The number of carbonyl (C=O) groups excluding carboxylic acids is 1. The number of carbonyl (C=O) groups is 1. The minimum atomic E-state index is -0.289. The molecule has 0 radical (unpaired) electrons. The van der Waals surface area contributed by atoms with Gasteiger partial charge in [-0.2, -0.15) is 0 Å². The van der Waals surface area contributed by atoms with Crippen molar-refractivity contribution in [3.63, 3.8) is 0 Å². The number of hydrogen-bond acceptors (Lipinski definition) is 3. The molecule has 1 aromatic rings. The number of esters is 1. The molecule has 0 aliphatic carbocycles. The molecule has 76 valence electrons. The second-order valence-corrected chi connectivity index (χ2v) is 3.85. The molecule has 0 fully saturated rings. The molecule has 1 rings (SSSR count). The number of nitrogens with zero attached hydrogens (tertiary/aromatic N) is 1. The fourth-order valence-corrected chi connectivity index (χ4v) is 1.70. The summed E-state index contributed by atoms with van der Waals surface area (Å²) in [5.74, 6) is -0.289. The lowest BCUT2D eigenvalue weighted by atomic mass is 10.3. The van der Waals surface area contributed by atoms with Crippen LogP contribution in [0.25, 0.3) is 0 Å². The van der Waals surface area contributed by atoms with Crippen LogP contribution < -0.4 is 0 Å². The summed E-state index contributed by atoms with van der Waals surface area (Å²) in [4.78, 5) is 15.2. The predicted octanol–water partition coefficient (Wildman–Crippen LogP) is 2.60. The number of ether oxygens (including phenoxy) is 1. The smallest absolute Gasteiger partial charge is 0.311 e. The highest BCUT2D eigenvalue weighted by Gasteiger charge is 2.08. The molecule has 0 aliphatic heterocycles. The van der Waals surface area contributed by atoms with Gasteiger partial charge in [0.2, 0.25) is 0 Å². The summed E-state index contributed by atoms with van der Waals surface area (Å²) >= 11 is 8.98. The van der Waals surface area contributed by atoms with Gasteiger partial charge in [0, 0.05) is 10.7 Å². The molecular weight excluding hydrogens is 269 g/mol. The minimum Gasteiger partial charge on any atom is -0.466 e. The zero-order valence-corrected chi connectivity index (χ0v) is 9.93. The van der Waals surface area contributed by atoms with Gasteiger partial charge in [0.1, 0.15) is 0 Å². The molecule has 5 heteroatoms. The van der Waals surface area contributed by atoms with Crippen LogP contribution in [0.4, 0.5) is 0 Å². The van der Waals surface area contributed by atoms with Crippen LogP contribution in [0, 0.1) is 0 Å². The van der Waals surface area contributed by atoms with Crippen LogP contribution in [0.15, 0.2) is 16.7 Å². The van der Waals surface area contributed by atoms with E-state index in [2.05, 4.69) is 20.9 Å². The van der Waals surface area contributed by atoms with Crippen LogP contribution in [0.5, 0.6) is 0 Å². The molecule has 0 saturated heterocycles. The highest BCUT2D eigenvalue weighted by Crippen LogP contribution is 2.19. The summed E-state index contributed by atoms with van der Waals surface area (Å²) in [6, 6.07) is 1.70. The summed E-state index contributed by atoms with van der Waals surface area (Å²) in [6.45, 7) is 2.15. The first-order valence-electron chi connectivity index (χ1n) is 4.09. The van der Waals surface area contributed by atoms with Gasteiger partial charge in [-0.25, -0.2) is 0 Å². The van der Waals surface area contributed by atoms with Crippen molar-refractivity contribution in [1.82, 2.24) is 4.98 Å². The van der Waals surface area contributed by atoms with E-state index in [0.717, 1.165) is 4.47 Å². The summed E-state index contributed by atoms with van der Waals surface area (Å²) in [7, 11) is 0. The molecular formula is C9H9BrClNO2. The standard InChI is InChI=1S/C9H9BrClNO2/c1-2-14-9(13)4-8-7(10)3-6(11)5-12-8/h3,5H,2,4H2,1H3. The Hall–Kier alpha value is -0.610. The predicted molar refractivity (Wildman–Crippen MR) is 57.3 cm³/mol. The lowest BCUT2D eigenvalue weighted by molar-refractivity contribution is -0.142. The Morgan fingerprint density at radius 3 is 3.00 bits per heavy atom. The van der Waals surface area contributed by atoms with E-state index in [-0.39, 0.29) is 12.4 Å². The second-order valence-electron chi connectivity index (χ2n) is 2.56. The van der Waals surface area contributed by atoms with Crippen LogP contribution in [0.1, 0.15) is 12.6 Å². The van der Waals surface area contributed by atoms with E-state index in [0.29, 0.717) is 17.3 Å². The zero-order valence-electron chi connectivity index (χ0n) is 7.59.